The molecule has 2 fully saturated rings. The number of H-pyrrole nitrogens is 1. The van der Waals surface area contributed by atoms with Gasteiger partial charge in [-0.1, -0.05) is 0 Å². The summed E-state index contributed by atoms with van der Waals surface area (Å²) < 4.78 is 13.4. The second-order valence-corrected chi connectivity index (χ2v) is 7.98. The van der Waals surface area contributed by atoms with Gasteiger partial charge in [0.25, 0.3) is 0 Å². The number of nitrogen functional groups attached to an aromatic ring is 1. The van der Waals surface area contributed by atoms with Crippen LogP contribution in [-0.2, 0) is 0 Å². The van der Waals surface area contributed by atoms with Crippen molar-refractivity contribution in [3.63, 3.8) is 0 Å². The third-order valence-electron chi connectivity index (χ3n) is 6.01. The highest BCUT2D eigenvalue weighted by molar-refractivity contribution is 5.75. The molecule has 2 aromatic heterocycles. The lowest BCUT2D eigenvalue weighted by atomic mass is 9.78. The lowest BCUT2D eigenvalue weighted by Gasteiger charge is -2.34. The largest absolute Gasteiger partial charge is 0.368 e. The van der Waals surface area contributed by atoms with Crippen molar-refractivity contribution < 1.29 is 4.39 Å². The second kappa shape index (κ2) is 6.70. The summed E-state index contributed by atoms with van der Waals surface area (Å²) in [5, 5.41) is 0. The van der Waals surface area contributed by atoms with Crippen molar-refractivity contribution in [1.29, 1.82) is 0 Å². The van der Waals surface area contributed by atoms with Crippen molar-refractivity contribution in [1.82, 2.24) is 19.9 Å². The first-order chi connectivity index (χ1) is 13.5. The predicted molar refractivity (Wildman–Crippen MR) is 107 cm³/mol. The third-order valence-corrected chi connectivity index (χ3v) is 6.01. The first-order valence-corrected chi connectivity index (χ1v) is 9.85. The number of hydrogen-bond acceptors (Lipinski definition) is 6. The SMILES string of the molecule is Nc1nc(C2CC(N)C2)cc(N2CCC(c3nc4ccc(F)cc4[nH]3)CC2)n1. The van der Waals surface area contributed by atoms with E-state index in [1.165, 1.54) is 12.1 Å². The summed E-state index contributed by atoms with van der Waals surface area (Å²) >= 11 is 0. The van der Waals surface area contributed by atoms with E-state index in [0.717, 1.165) is 67.1 Å². The first kappa shape index (κ1) is 17.4. The van der Waals surface area contributed by atoms with Gasteiger partial charge in [-0.2, -0.15) is 4.98 Å². The number of nitrogens with one attached hydrogen (secondary N) is 1. The molecule has 0 radical (unpaired) electrons. The van der Waals surface area contributed by atoms with Crippen LogP contribution in [0.25, 0.3) is 11.0 Å². The Morgan fingerprint density at radius 3 is 2.57 bits per heavy atom. The van der Waals surface area contributed by atoms with E-state index >= 15 is 0 Å². The van der Waals surface area contributed by atoms with E-state index in [1.54, 1.807) is 6.07 Å². The Morgan fingerprint density at radius 2 is 1.82 bits per heavy atom. The minimum Gasteiger partial charge on any atom is -0.368 e. The molecule has 7 nitrogen and oxygen atoms in total. The molecule has 1 aromatic carbocycles. The van der Waals surface area contributed by atoms with Gasteiger partial charge in [0.2, 0.25) is 5.95 Å². The minimum absolute atomic E-state index is 0.248. The van der Waals surface area contributed by atoms with Gasteiger partial charge >= 0.3 is 0 Å². The molecule has 3 aromatic rings. The van der Waals surface area contributed by atoms with E-state index < -0.39 is 0 Å². The van der Waals surface area contributed by atoms with Crippen LogP contribution < -0.4 is 16.4 Å². The number of piperidine rings is 1. The van der Waals surface area contributed by atoms with Crippen LogP contribution in [0.4, 0.5) is 16.2 Å². The van der Waals surface area contributed by atoms with Crippen LogP contribution in [0.5, 0.6) is 0 Å². The van der Waals surface area contributed by atoms with Gasteiger partial charge in [-0.05, 0) is 43.9 Å². The fourth-order valence-corrected chi connectivity index (χ4v) is 4.32. The number of benzene rings is 1. The van der Waals surface area contributed by atoms with Crippen molar-refractivity contribution in [2.24, 2.45) is 5.73 Å². The van der Waals surface area contributed by atoms with Gasteiger partial charge in [0.05, 0.1) is 16.7 Å². The molecule has 5 rings (SSSR count). The van der Waals surface area contributed by atoms with Crippen LogP contribution in [0.2, 0.25) is 0 Å². The van der Waals surface area contributed by atoms with Crippen molar-refractivity contribution in [2.45, 2.75) is 43.6 Å². The molecule has 1 saturated carbocycles. The summed E-state index contributed by atoms with van der Waals surface area (Å²) in [6.07, 6.45) is 3.83. The highest BCUT2D eigenvalue weighted by atomic mass is 19.1. The van der Waals surface area contributed by atoms with Crippen molar-refractivity contribution in [3.8, 4) is 0 Å². The molecule has 0 bridgehead atoms. The maximum absolute atomic E-state index is 13.4. The Kier molecular flexibility index (Phi) is 4.16. The number of nitrogens with zero attached hydrogens (tertiary/aromatic N) is 4. The second-order valence-electron chi connectivity index (χ2n) is 7.98. The lowest BCUT2D eigenvalue weighted by Crippen LogP contribution is -2.36. The van der Waals surface area contributed by atoms with Crippen LogP contribution in [0.1, 0.15) is 49.0 Å². The summed E-state index contributed by atoms with van der Waals surface area (Å²) in [5.74, 6) is 2.64. The highest BCUT2D eigenvalue weighted by Crippen LogP contribution is 2.37. The lowest BCUT2D eigenvalue weighted by molar-refractivity contribution is 0.345. The van der Waals surface area contributed by atoms with Gasteiger partial charge in [-0.15, -0.1) is 0 Å². The monoisotopic (exact) mass is 381 g/mol. The van der Waals surface area contributed by atoms with E-state index in [0.29, 0.717) is 17.8 Å². The maximum atomic E-state index is 13.4. The standard InChI is InChI=1S/C20H24FN7/c21-13-1-2-15-17(9-13)25-19(24-15)11-3-5-28(6-4-11)18-10-16(26-20(23)27-18)12-7-14(22)8-12/h1-2,9-12,14H,3-8,22H2,(H,24,25)(H2,23,26,27). The zero-order valence-corrected chi connectivity index (χ0v) is 15.6. The molecule has 146 valence electrons. The molecule has 1 aliphatic heterocycles. The molecule has 0 amide bonds. The van der Waals surface area contributed by atoms with Crippen molar-refractivity contribution >= 4 is 22.8 Å². The Morgan fingerprint density at radius 1 is 1.04 bits per heavy atom. The van der Waals surface area contributed by atoms with Crippen LogP contribution in [0, 0.1) is 5.82 Å². The van der Waals surface area contributed by atoms with Crippen molar-refractivity contribution in [3.05, 3.63) is 41.6 Å². The molecule has 8 heteroatoms. The minimum atomic E-state index is -0.248. The molecule has 0 unspecified atom stereocenters. The molecular formula is C20H24FN7. The number of rotatable bonds is 3. The van der Waals surface area contributed by atoms with E-state index in [9.17, 15) is 4.39 Å². The molecule has 3 heterocycles. The predicted octanol–water partition coefficient (Wildman–Crippen LogP) is 2.66. The maximum Gasteiger partial charge on any atom is 0.222 e. The number of fused-ring (bicyclic) bond motifs is 1. The number of nitrogens with two attached hydrogens (primary N) is 2. The number of halogens is 1. The van der Waals surface area contributed by atoms with Gasteiger partial charge in [0, 0.05) is 37.0 Å². The van der Waals surface area contributed by atoms with E-state index in [2.05, 4.69) is 30.9 Å². The number of aromatic nitrogens is 4. The van der Waals surface area contributed by atoms with Crippen LogP contribution in [0.3, 0.4) is 0 Å². The van der Waals surface area contributed by atoms with Crippen LogP contribution >= 0.6 is 0 Å². The summed E-state index contributed by atoms with van der Waals surface area (Å²) in [6, 6.07) is 7.01. The summed E-state index contributed by atoms with van der Waals surface area (Å²) in [6.45, 7) is 1.74. The number of imidazole rings is 1. The topological polar surface area (TPSA) is 110 Å². The first-order valence-electron chi connectivity index (χ1n) is 9.85. The van der Waals surface area contributed by atoms with Gasteiger partial charge in [-0.25, -0.2) is 14.4 Å². The van der Waals surface area contributed by atoms with Gasteiger partial charge < -0.3 is 21.4 Å². The molecule has 1 saturated heterocycles. The Bertz CT molecular complexity index is 1000. The molecule has 28 heavy (non-hydrogen) atoms. The quantitative estimate of drug-likeness (QED) is 0.643. The van der Waals surface area contributed by atoms with Gasteiger partial charge in [-0.3, -0.25) is 0 Å². The average Bonchev–Trinajstić information content (AvgIpc) is 3.08. The zero-order chi connectivity index (χ0) is 19.3. The normalized spacial score (nSPS) is 23.1. The number of hydrogen-bond donors (Lipinski definition) is 3. The van der Waals surface area contributed by atoms with Crippen LogP contribution in [0.15, 0.2) is 24.3 Å². The summed E-state index contributed by atoms with van der Waals surface area (Å²) in [7, 11) is 0. The van der Waals surface area contributed by atoms with Gasteiger partial charge in [0.1, 0.15) is 17.5 Å². The van der Waals surface area contributed by atoms with E-state index in [-0.39, 0.29) is 11.9 Å². The molecule has 2 aliphatic rings. The smallest absolute Gasteiger partial charge is 0.222 e. The molecular weight excluding hydrogens is 357 g/mol. The molecule has 0 atom stereocenters. The Balaban J connectivity index is 1.30. The summed E-state index contributed by atoms with van der Waals surface area (Å²) in [4.78, 5) is 19.1. The highest BCUT2D eigenvalue weighted by Gasteiger charge is 2.30. The Hall–Kier alpha value is -2.74. The summed E-state index contributed by atoms with van der Waals surface area (Å²) in [5.41, 5.74) is 14.5. The van der Waals surface area contributed by atoms with Gasteiger partial charge in [0.15, 0.2) is 0 Å². The number of aromatic amines is 1. The Labute approximate surface area is 162 Å². The van der Waals surface area contributed by atoms with E-state index in [4.69, 9.17) is 11.5 Å². The molecule has 1 aliphatic carbocycles. The zero-order valence-electron chi connectivity index (χ0n) is 15.6. The average molecular weight is 381 g/mol. The van der Waals surface area contributed by atoms with Crippen LogP contribution in [-0.4, -0.2) is 39.1 Å². The molecule has 0 spiro atoms. The fourth-order valence-electron chi connectivity index (χ4n) is 4.32. The molecule has 5 N–H and O–H groups in total. The fraction of sp³-hybridized carbons (Fsp3) is 0.450. The number of anilines is 2. The van der Waals surface area contributed by atoms with Crippen molar-refractivity contribution in [2.75, 3.05) is 23.7 Å². The van der Waals surface area contributed by atoms with E-state index in [1.807, 2.05) is 0 Å². The third kappa shape index (κ3) is 3.17.